The van der Waals surface area contributed by atoms with Crippen molar-refractivity contribution in [2.45, 2.75) is 97.3 Å². The van der Waals surface area contributed by atoms with E-state index in [-0.39, 0.29) is 46.2 Å². The summed E-state index contributed by atoms with van der Waals surface area (Å²) in [6.07, 6.45) is 13.1. The maximum absolute atomic E-state index is 15.0. The summed E-state index contributed by atoms with van der Waals surface area (Å²) in [7, 11) is 0. The number of aromatic amines is 1. The molecule has 6 atom stereocenters. The predicted molar refractivity (Wildman–Crippen MR) is 219 cm³/mol. The van der Waals surface area contributed by atoms with E-state index in [0.717, 1.165) is 64.2 Å². The Labute approximate surface area is 340 Å². The fourth-order valence-corrected chi connectivity index (χ4v) is 11.9. The van der Waals surface area contributed by atoms with E-state index in [1.165, 1.54) is 11.6 Å². The zero-order valence-electron chi connectivity index (χ0n) is 34.0. The summed E-state index contributed by atoms with van der Waals surface area (Å²) in [4.78, 5) is 67.8. The monoisotopic (exact) mass is 792 g/mol. The Kier molecular flexibility index (Phi) is 11.5. The van der Waals surface area contributed by atoms with Crippen molar-refractivity contribution < 1.29 is 28.3 Å². The van der Waals surface area contributed by atoms with E-state index in [4.69, 9.17) is 4.74 Å². The number of benzene rings is 2. The lowest BCUT2D eigenvalue weighted by Gasteiger charge is -2.58. The number of hydrogen-bond acceptors (Lipinski definition) is 7. The molecule has 0 radical (unpaired) electrons. The van der Waals surface area contributed by atoms with E-state index in [1.807, 2.05) is 18.2 Å². The molecule has 3 saturated carbocycles. The Balaban J connectivity index is 0.739. The molecular formula is C47H57FN4O6. The Morgan fingerprint density at radius 2 is 1.66 bits per heavy atom. The molecule has 2 amide bonds. The Hall–Kier alpha value is -4.51. The lowest BCUT2D eigenvalue weighted by molar-refractivity contribution is -0.135. The van der Waals surface area contributed by atoms with Crippen LogP contribution in [-0.4, -0.2) is 82.8 Å². The molecule has 2 heterocycles. The smallest absolute Gasteiger partial charge is 0.272 e. The molecule has 0 unspecified atom stereocenters. The van der Waals surface area contributed by atoms with Crippen molar-refractivity contribution in [2.24, 2.45) is 34.5 Å². The number of hydrogen-bond donors (Lipinski definition) is 1. The van der Waals surface area contributed by atoms with Gasteiger partial charge in [0.1, 0.15) is 12.4 Å². The van der Waals surface area contributed by atoms with Gasteiger partial charge in [0.05, 0.1) is 16.6 Å². The highest BCUT2D eigenvalue weighted by atomic mass is 19.1. The molecule has 0 spiro atoms. The predicted octanol–water partition coefficient (Wildman–Crippen LogP) is 7.23. The van der Waals surface area contributed by atoms with E-state index < -0.39 is 11.7 Å². The molecule has 1 N–H and O–H groups in total. The van der Waals surface area contributed by atoms with Crippen molar-refractivity contribution in [3.8, 4) is 0 Å². The molecule has 0 bridgehead atoms. The fraction of sp³-hybridized carbons (Fsp3) is 0.574. The molecule has 11 heteroatoms. The summed E-state index contributed by atoms with van der Waals surface area (Å²) >= 11 is 0. The number of Topliss-reactive ketones (excluding diaryl/α,β-unsaturated/α-hetero) is 1. The van der Waals surface area contributed by atoms with Crippen LogP contribution in [0.5, 0.6) is 0 Å². The van der Waals surface area contributed by atoms with Gasteiger partial charge in [0.15, 0.2) is 11.6 Å². The number of carbonyl (C=O) groups excluding carboxylic acids is 4. The number of carbonyl (C=O) groups is 4. The number of aromatic nitrogens is 2. The summed E-state index contributed by atoms with van der Waals surface area (Å²) in [6.45, 7) is 6.87. The minimum absolute atomic E-state index is 0.0200. The third-order valence-electron chi connectivity index (χ3n) is 15.1. The average molecular weight is 793 g/mol. The maximum Gasteiger partial charge on any atom is 0.272 e. The quantitative estimate of drug-likeness (QED) is 0.192. The van der Waals surface area contributed by atoms with Gasteiger partial charge < -0.3 is 14.5 Å². The first kappa shape index (κ1) is 40.3. The van der Waals surface area contributed by atoms with Crippen molar-refractivity contribution in [3.05, 3.63) is 87.1 Å². The number of nitrogens with zero attached hydrogens (tertiary/aromatic N) is 3. The van der Waals surface area contributed by atoms with Gasteiger partial charge in [0.25, 0.3) is 11.5 Å². The van der Waals surface area contributed by atoms with E-state index in [9.17, 15) is 28.4 Å². The van der Waals surface area contributed by atoms with E-state index >= 15 is 0 Å². The first-order valence-electron chi connectivity index (χ1n) is 21.6. The molecule has 1 aromatic heterocycles. The standard InChI is InChI=1S/C47H57FN4O6/c1-46-19-17-32(53)28-31(46)12-13-35-37-14-15-39(47(37,2)20-18-38(35)46)42(54)29-58-25-7-3-4-10-43(55)51-21-23-52(24-22-51)45(57)36-26-30(11-16-40(36)48)27-41-33-8-5-6-9-34(33)44(56)50-49-41/h5-6,8-9,11,16,26,28,35,37-39H,3-4,7,10,12-15,17-25,27,29H2,1-2H3,(H,50,56)/t35-,37-,38-,39+,46-,47-/m0/s1. The molecule has 308 valence electrons. The number of nitrogens with one attached hydrogen (secondary N) is 1. The molecule has 4 fully saturated rings. The highest BCUT2D eigenvalue weighted by Crippen LogP contribution is 2.66. The van der Waals surface area contributed by atoms with Crippen LogP contribution in [0.25, 0.3) is 10.8 Å². The van der Waals surface area contributed by atoms with Crippen molar-refractivity contribution in [1.29, 1.82) is 0 Å². The second-order valence-corrected chi connectivity index (χ2v) is 18.2. The summed E-state index contributed by atoms with van der Waals surface area (Å²) < 4.78 is 20.9. The van der Waals surface area contributed by atoms with Gasteiger partial charge in [-0.15, -0.1) is 0 Å². The van der Waals surface area contributed by atoms with Crippen molar-refractivity contribution in [3.63, 3.8) is 0 Å². The molecule has 3 aromatic rings. The number of fused-ring (bicyclic) bond motifs is 6. The highest BCUT2D eigenvalue weighted by Gasteiger charge is 2.60. The molecule has 8 rings (SSSR count). The van der Waals surface area contributed by atoms with Crippen LogP contribution in [0.1, 0.15) is 113 Å². The van der Waals surface area contributed by atoms with Crippen LogP contribution in [0.15, 0.2) is 58.9 Å². The van der Waals surface area contributed by atoms with Crippen LogP contribution in [-0.2, 0) is 25.5 Å². The van der Waals surface area contributed by atoms with E-state index in [2.05, 4.69) is 24.0 Å². The first-order chi connectivity index (χ1) is 28.0. The van der Waals surface area contributed by atoms with E-state index in [0.29, 0.717) is 97.6 Å². The normalized spacial score (nSPS) is 28.1. The van der Waals surface area contributed by atoms with Crippen molar-refractivity contribution in [1.82, 2.24) is 20.0 Å². The van der Waals surface area contributed by atoms with Crippen LogP contribution >= 0.6 is 0 Å². The molecule has 10 nitrogen and oxygen atoms in total. The van der Waals surface area contributed by atoms with Gasteiger partial charge in [-0.2, -0.15) is 5.10 Å². The molecule has 4 aliphatic carbocycles. The summed E-state index contributed by atoms with van der Waals surface area (Å²) in [5.74, 6) is 1.45. The van der Waals surface area contributed by atoms with Crippen molar-refractivity contribution >= 4 is 34.2 Å². The number of halogens is 1. The largest absolute Gasteiger partial charge is 0.374 e. The lowest BCUT2D eigenvalue weighted by Crippen LogP contribution is -2.51. The second-order valence-electron chi connectivity index (χ2n) is 18.2. The lowest BCUT2D eigenvalue weighted by atomic mass is 9.46. The first-order valence-corrected chi connectivity index (χ1v) is 21.6. The minimum Gasteiger partial charge on any atom is -0.374 e. The molecule has 2 aromatic carbocycles. The number of allylic oxidation sites excluding steroid dienone is 1. The van der Waals surface area contributed by atoms with Gasteiger partial charge in [0.2, 0.25) is 5.91 Å². The second kappa shape index (κ2) is 16.6. The van der Waals surface area contributed by atoms with Crippen LogP contribution < -0.4 is 5.56 Å². The van der Waals surface area contributed by atoms with E-state index in [1.54, 1.807) is 34.1 Å². The number of ether oxygens (including phenoxy) is 1. The molecule has 1 aliphatic heterocycles. The molecular weight excluding hydrogens is 736 g/mol. The Morgan fingerprint density at radius 3 is 2.47 bits per heavy atom. The molecule has 58 heavy (non-hydrogen) atoms. The number of ketones is 2. The van der Waals surface area contributed by atoms with Gasteiger partial charge in [-0.25, -0.2) is 9.49 Å². The zero-order chi connectivity index (χ0) is 40.6. The number of H-pyrrole nitrogens is 1. The summed E-state index contributed by atoms with van der Waals surface area (Å²) in [5, 5.41) is 7.97. The van der Waals surface area contributed by atoms with Gasteiger partial charge in [0, 0.05) is 63.4 Å². The van der Waals surface area contributed by atoms with Gasteiger partial charge in [-0.05, 0) is 116 Å². The third kappa shape index (κ3) is 7.71. The zero-order valence-corrected chi connectivity index (χ0v) is 34.0. The third-order valence-corrected chi connectivity index (χ3v) is 15.1. The van der Waals surface area contributed by atoms with Crippen LogP contribution in [0.2, 0.25) is 0 Å². The minimum atomic E-state index is -0.603. The average Bonchev–Trinajstić information content (AvgIpc) is 3.59. The van der Waals surface area contributed by atoms with Gasteiger partial charge in [-0.3, -0.25) is 24.0 Å². The fourth-order valence-electron chi connectivity index (χ4n) is 11.9. The van der Waals surface area contributed by atoms with Crippen LogP contribution in [0, 0.1) is 40.3 Å². The topological polar surface area (TPSA) is 130 Å². The Morgan fingerprint density at radius 1 is 0.879 bits per heavy atom. The van der Waals surface area contributed by atoms with Gasteiger partial charge >= 0.3 is 0 Å². The number of amides is 2. The number of rotatable bonds is 12. The molecule has 1 saturated heterocycles. The number of unbranched alkanes of at least 4 members (excludes halogenated alkanes) is 2. The van der Waals surface area contributed by atoms with Crippen LogP contribution in [0.3, 0.4) is 0 Å². The number of piperazine rings is 1. The summed E-state index contributed by atoms with van der Waals surface area (Å²) in [5.41, 5.74) is 2.59. The van der Waals surface area contributed by atoms with Crippen LogP contribution in [0.4, 0.5) is 4.39 Å². The molecule has 5 aliphatic rings. The highest BCUT2D eigenvalue weighted by molar-refractivity contribution is 5.95. The van der Waals surface area contributed by atoms with Crippen molar-refractivity contribution in [2.75, 3.05) is 39.4 Å². The SMILES string of the molecule is C[C@]12CC[C@H]3[C@@H](CCC4=CC(=O)CC[C@@]43C)[C@@H]1CC[C@@H]2C(=O)COCCCCCC(=O)N1CCN(C(=O)c2cc(Cc3n[nH]c(=O)c4ccccc34)ccc2F)CC1. The summed E-state index contributed by atoms with van der Waals surface area (Å²) in [6, 6.07) is 11.6. The van der Waals surface area contributed by atoms with Gasteiger partial charge in [-0.1, -0.05) is 50.1 Å². The maximum atomic E-state index is 15.0. The Bertz CT molecular complexity index is 2170.